The highest BCUT2D eigenvalue weighted by molar-refractivity contribution is 7.13. The molecule has 0 fully saturated rings. The van der Waals surface area contributed by atoms with Crippen LogP contribution in [0.2, 0.25) is 0 Å². The van der Waals surface area contributed by atoms with Gasteiger partial charge < -0.3 is 9.67 Å². The summed E-state index contributed by atoms with van der Waals surface area (Å²) in [5.74, 6) is -0.305. The highest BCUT2D eigenvalue weighted by Gasteiger charge is 2.12. The summed E-state index contributed by atoms with van der Waals surface area (Å²) in [6, 6.07) is 3.83. The molecule has 72 valence electrons. The topological polar surface area (TPSA) is 55.1 Å². The molecule has 0 spiro atoms. The van der Waals surface area contributed by atoms with Gasteiger partial charge in [0.1, 0.15) is 0 Å². The van der Waals surface area contributed by atoms with Crippen LogP contribution in [0.3, 0.4) is 0 Å². The molecule has 0 radical (unpaired) electrons. The molecule has 4 nitrogen and oxygen atoms in total. The van der Waals surface area contributed by atoms with Crippen molar-refractivity contribution in [1.29, 1.82) is 0 Å². The Morgan fingerprint density at radius 1 is 1.64 bits per heavy atom. The minimum absolute atomic E-state index is 0.0795. The fourth-order valence-corrected chi connectivity index (χ4v) is 1.96. The first-order chi connectivity index (χ1) is 6.68. The zero-order valence-electron chi connectivity index (χ0n) is 7.47. The fourth-order valence-electron chi connectivity index (χ4n) is 1.20. The predicted molar refractivity (Wildman–Crippen MR) is 53.5 cm³/mol. The van der Waals surface area contributed by atoms with Gasteiger partial charge in [-0.3, -0.25) is 0 Å². The van der Waals surface area contributed by atoms with Crippen molar-refractivity contribution in [2.24, 2.45) is 7.05 Å². The Morgan fingerprint density at radius 2 is 2.43 bits per heavy atom. The van der Waals surface area contributed by atoms with Gasteiger partial charge in [-0.2, -0.15) is 0 Å². The maximum absolute atomic E-state index is 10.7. The van der Waals surface area contributed by atoms with Gasteiger partial charge in [0.05, 0.1) is 4.88 Å². The standard InChI is InChI=1S/C9H8N2O2S/c1-11-5-6(9(12)13)10-8(11)7-3-2-4-14-7/h2-5H,1H3,(H,12,13). The van der Waals surface area contributed by atoms with Gasteiger partial charge in [-0.05, 0) is 11.4 Å². The van der Waals surface area contributed by atoms with Crippen LogP contribution < -0.4 is 0 Å². The molecule has 0 atom stereocenters. The van der Waals surface area contributed by atoms with Crippen LogP contribution in [0.15, 0.2) is 23.7 Å². The van der Waals surface area contributed by atoms with Crippen LogP contribution in [0.5, 0.6) is 0 Å². The molecule has 5 heteroatoms. The van der Waals surface area contributed by atoms with Crippen molar-refractivity contribution in [1.82, 2.24) is 9.55 Å². The number of imidazole rings is 1. The van der Waals surface area contributed by atoms with Crippen LogP contribution in [0.4, 0.5) is 0 Å². The SMILES string of the molecule is Cn1cc(C(=O)O)nc1-c1cccs1. The third-order valence-electron chi connectivity index (χ3n) is 1.84. The zero-order valence-corrected chi connectivity index (χ0v) is 8.28. The van der Waals surface area contributed by atoms with Gasteiger partial charge >= 0.3 is 5.97 Å². The number of rotatable bonds is 2. The lowest BCUT2D eigenvalue weighted by atomic mass is 10.4. The van der Waals surface area contributed by atoms with Crippen LogP contribution in [0.25, 0.3) is 10.7 Å². The molecule has 2 aromatic rings. The van der Waals surface area contributed by atoms with Crippen LogP contribution in [0, 0.1) is 0 Å². The molecule has 0 saturated carbocycles. The number of hydrogen-bond acceptors (Lipinski definition) is 3. The maximum Gasteiger partial charge on any atom is 0.356 e. The number of hydrogen-bond donors (Lipinski definition) is 1. The Balaban J connectivity index is 2.50. The van der Waals surface area contributed by atoms with Crippen LogP contribution in [-0.2, 0) is 7.05 Å². The van der Waals surface area contributed by atoms with Crippen molar-refractivity contribution in [3.05, 3.63) is 29.4 Å². The van der Waals surface area contributed by atoms with Crippen molar-refractivity contribution >= 4 is 17.3 Å². The molecule has 0 amide bonds. The molecule has 0 bridgehead atoms. The first-order valence-electron chi connectivity index (χ1n) is 3.99. The van der Waals surface area contributed by atoms with E-state index in [1.807, 2.05) is 17.5 Å². The summed E-state index contributed by atoms with van der Waals surface area (Å²) in [6.07, 6.45) is 1.51. The zero-order chi connectivity index (χ0) is 10.1. The van der Waals surface area contributed by atoms with Crippen molar-refractivity contribution < 1.29 is 9.90 Å². The Hall–Kier alpha value is -1.62. The largest absolute Gasteiger partial charge is 0.476 e. The Morgan fingerprint density at radius 3 is 2.93 bits per heavy atom. The first-order valence-corrected chi connectivity index (χ1v) is 4.87. The summed E-state index contributed by atoms with van der Waals surface area (Å²) in [5, 5.41) is 10.7. The number of aryl methyl sites for hydroxylation is 1. The van der Waals surface area contributed by atoms with E-state index in [4.69, 9.17) is 5.11 Å². The highest BCUT2D eigenvalue weighted by atomic mass is 32.1. The van der Waals surface area contributed by atoms with Gasteiger partial charge in [0.2, 0.25) is 0 Å². The average molecular weight is 208 g/mol. The summed E-state index contributed by atoms with van der Waals surface area (Å²) in [5.41, 5.74) is 0.0795. The number of aromatic nitrogens is 2. The molecule has 2 aromatic heterocycles. The van der Waals surface area contributed by atoms with Gasteiger partial charge in [0.25, 0.3) is 0 Å². The van der Waals surface area contributed by atoms with Crippen molar-refractivity contribution in [2.75, 3.05) is 0 Å². The third kappa shape index (κ3) is 1.42. The molecule has 0 aliphatic heterocycles. The van der Waals surface area contributed by atoms with E-state index in [1.54, 1.807) is 11.6 Å². The van der Waals surface area contributed by atoms with E-state index >= 15 is 0 Å². The van der Waals surface area contributed by atoms with Gasteiger partial charge in [-0.1, -0.05) is 6.07 Å². The van der Waals surface area contributed by atoms with Crippen LogP contribution in [0.1, 0.15) is 10.5 Å². The second-order valence-corrected chi connectivity index (χ2v) is 3.79. The lowest BCUT2D eigenvalue weighted by molar-refractivity contribution is 0.0691. The molecule has 2 heterocycles. The monoisotopic (exact) mass is 208 g/mol. The minimum atomic E-state index is -0.997. The molecule has 2 rings (SSSR count). The fraction of sp³-hybridized carbons (Fsp3) is 0.111. The minimum Gasteiger partial charge on any atom is -0.476 e. The van der Waals surface area contributed by atoms with Crippen LogP contribution in [-0.4, -0.2) is 20.6 Å². The molecule has 14 heavy (non-hydrogen) atoms. The highest BCUT2D eigenvalue weighted by Crippen LogP contribution is 2.23. The number of nitrogens with zero attached hydrogens (tertiary/aromatic N) is 2. The molecule has 0 saturated heterocycles. The van der Waals surface area contributed by atoms with Gasteiger partial charge in [-0.25, -0.2) is 9.78 Å². The summed E-state index contributed by atoms with van der Waals surface area (Å²) >= 11 is 1.54. The van der Waals surface area contributed by atoms with Crippen LogP contribution >= 0.6 is 11.3 Å². The average Bonchev–Trinajstić information content (AvgIpc) is 2.71. The van der Waals surface area contributed by atoms with Crippen molar-refractivity contribution in [3.8, 4) is 10.7 Å². The van der Waals surface area contributed by atoms with Crippen molar-refractivity contribution in [2.45, 2.75) is 0 Å². The second-order valence-electron chi connectivity index (χ2n) is 2.84. The number of aromatic carboxylic acids is 1. The summed E-state index contributed by atoms with van der Waals surface area (Å²) < 4.78 is 1.72. The molecule has 1 N–H and O–H groups in total. The number of carbonyl (C=O) groups is 1. The Labute approximate surface area is 84.5 Å². The van der Waals surface area contributed by atoms with Gasteiger partial charge in [0, 0.05) is 13.2 Å². The summed E-state index contributed by atoms with van der Waals surface area (Å²) in [6.45, 7) is 0. The normalized spacial score (nSPS) is 10.4. The lowest BCUT2D eigenvalue weighted by Crippen LogP contribution is -1.95. The summed E-state index contributed by atoms with van der Waals surface area (Å²) in [7, 11) is 1.79. The number of carboxylic acid groups (broad SMARTS) is 1. The van der Waals surface area contributed by atoms with Crippen molar-refractivity contribution in [3.63, 3.8) is 0 Å². The Bertz CT molecular complexity index is 459. The lowest BCUT2D eigenvalue weighted by Gasteiger charge is -1.95. The van der Waals surface area contributed by atoms with Gasteiger partial charge in [0.15, 0.2) is 11.5 Å². The smallest absolute Gasteiger partial charge is 0.356 e. The quantitative estimate of drug-likeness (QED) is 0.819. The number of thiophene rings is 1. The predicted octanol–water partition coefficient (Wildman–Crippen LogP) is 1.85. The van der Waals surface area contributed by atoms with E-state index in [0.717, 1.165) is 4.88 Å². The molecular weight excluding hydrogens is 200 g/mol. The van der Waals surface area contributed by atoms with E-state index in [0.29, 0.717) is 5.82 Å². The van der Waals surface area contributed by atoms with E-state index in [2.05, 4.69) is 4.98 Å². The molecule has 0 aromatic carbocycles. The molecule has 0 aliphatic rings. The maximum atomic E-state index is 10.7. The van der Waals surface area contributed by atoms with E-state index in [9.17, 15) is 4.79 Å². The molecular formula is C9H8N2O2S. The second kappa shape index (κ2) is 3.26. The molecule has 0 aliphatic carbocycles. The first kappa shape index (κ1) is 8.96. The summed E-state index contributed by atoms with van der Waals surface area (Å²) in [4.78, 5) is 15.7. The van der Waals surface area contributed by atoms with E-state index in [-0.39, 0.29) is 5.69 Å². The third-order valence-corrected chi connectivity index (χ3v) is 2.70. The molecule has 0 unspecified atom stereocenters. The van der Waals surface area contributed by atoms with E-state index < -0.39 is 5.97 Å². The van der Waals surface area contributed by atoms with E-state index in [1.165, 1.54) is 17.5 Å². The number of carboxylic acids is 1. The Kier molecular flexibility index (Phi) is 2.09. The van der Waals surface area contributed by atoms with Gasteiger partial charge in [-0.15, -0.1) is 11.3 Å².